The van der Waals surface area contributed by atoms with Crippen molar-refractivity contribution >= 4 is 0 Å². The van der Waals surface area contributed by atoms with Crippen molar-refractivity contribution in [1.29, 1.82) is 0 Å². The molecule has 1 aromatic rings. The predicted octanol–water partition coefficient (Wildman–Crippen LogP) is 0.893. The summed E-state index contributed by atoms with van der Waals surface area (Å²) in [6, 6.07) is 10.0. The molecule has 0 amide bonds. The van der Waals surface area contributed by atoms with Crippen LogP contribution in [0.15, 0.2) is 30.3 Å². The lowest BCUT2D eigenvalue weighted by Crippen LogP contribution is -2.37. The Morgan fingerprint density at radius 2 is 1.90 bits per heavy atom. The molecule has 0 fully saturated rings. The second-order valence-corrected chi connectivity index (χ2v) is 5.20. The minimum absolute atomic E-state index is 0.0370. The Balaban J connectivity index is 2.38. The Labute approximate surface area is 127 Å². The lowest BCUT2D eigenvalue weighted by Gasteiger charge is -2.25. The number of aliphatic hydroxyl groups is 2. The molecule has 0 heterocycles. The fourth-order valence-corrected chi connectivity index (χ4v) is 2.13. The van der Waals surface area contributed by atoms with E-state index in [1.54, 1.807) is 7.11 Å². The molecule has 2 atom stereocenters. The topological polar surface area (TPSA) is 62.2 Å². The Bertz CT molecular complexity index is 361. The van der Waals surface area contributed by atoms with E-state index >= 15 is 0 Å². The molecule has 0 bridgehead atoms. The summed E-state index contributed by atoms with van der Waals surface area (Å²) in [5.74, 6) is 0. The molecule has 0 spiro atoms. The van der Waals surface area contributed by atoms with Gasteiger partial charge in [-0.05, 0) is 12.5 Å². The molecule has 0 radical (unpaired) electrons. The lowest BCUT2D eigenvalue weighted by molar-refractivity contribution is -0.0411. The SMILES string of the molecule is COCC(C)OCC(O)CN(CCO)Cc1ccccc1. The quantitative estimate of drug-likeness (QED) is 0.635. The van der Waals surface area contributed by atoms with Gasteiger partial charge in [-0.2, -0.15) is 0 Å². The number of ether oxygens (including phenoxy) is 2. The van der Waals surface area contributed by atoms with Crippen LogP contribution in [0.1, 0.15) is 12.5 Å². The monoisotopic (exact) mass is 297 g/mol. The van der Waals surface area contributed by atoms with Crippen LogP contribution in [0, 0.1) is 0 Å². The number of rotatable bonds is 11. The fourth-order valence-electron chi connectivity index (χ4n) is 2.13. The maximum atomic E-state index is 10.1. The van der Waals surface area contributed by atoms with Gasteiger partial charge in [0.1, 0.15) is 0 Å². The zero-order valence-electron chi connectivity index (χ0n) is 12.9. The summed E-state index contributed by atoms with van der Waals surface area (Å²) in [6.07, 6.45) is -0.621. The standard InChI is InChI=1S/C16H27NO4/c1-14(12-20-2)21-13-16(19)11-17(8-9-18)10-15-6-4-3-5-7-15/h3-7,14,16,18-19H,8-13H2,1-2H3. The number of benzene rings is 1. The summed E-state index contributed by atoms with van der Waals surface area (Å²) >= 11 is 0. The zero-order valence-corrected chi connectivity index (χ0v) is 12.9. The molecule has 0 saturated heterocycles. The van der Waals surface area contributed by atoms with Gasteiger partial charge in [-0.3, -0.25) is 4.90 Å². The number of aliphatic hydroxyl groups excluding tert-OH is 2. The molecule has 21 heavy (non-hydrogen) atoms. The Kier molecular flexibility index (Phi) is 9.21. The average molecular weight is 297 g/mol. The molecular formula is C16H27NO4. The minimum atomic E-state index is -0.584. The van der Waals surface area contributed by atoms with E-state index < -0.39 is 6.10 Å². The highest BCUT2D eigenvalue weighted by Gasteiger charge is 2.13. The molecule has 0 saturated carbocycles. The van der Waals surface area contributed by atoms with E-state index in [2.05, 4.69) is 0 Å². The van der Waals surface area contributed by atoms with E-state index in [9.17, 15) is 5.11 Å². The summed E-state index contributed by atoms with van der Waals surface area (Å²) in [7, 11) is 1.62. The van der Waals surface area contributed by atoms with Crippen molar-refractivity contribution in [3.8, 4) is 0 Å². The minimum Gasteiger partial charge on any atom is -0.395 e. The van der Waals surface area contributed by atoms with Gasteiger partial charge in [-0.15, -0.1) is 0 Å². The largest absolute Gasteiger partial charge is 0.395 e. The van der Waals surface area contributed by atoms with E-state index in [4.69, 9.17) is 14.6 Å². The highest BCUT2D eigenvalue weighted by Crippen LogP contribution is 2.05. The van der Waals surface area contributed by atoms with Crippen LogP contribution >= 0.6 is 0 Å². The van der Waals surface area contributed by atoms with Gasteiger partial charge in [0, 0.05) is 26.7 Å². The first-order valence-electron chi connectivity index (χ1n) is 7.31. The lowest BCUT2D eigenvalue weighted by atomic mass is 10.2. The summed E-state index contributed by atoms with van der Waals surface area (Å²) in [6.45, 7) is 4.45. The van der Waals surface area contributed by atoms with Gasteiger partial charge in [0.2, 0.25) is 0 Å². The van der Waals surface area contributed by atoms with Crippen LogP contribution in [0.2, 0.25) is 0 Å². The van der Waals surface area contributed by atoms with E-state index in [-0.39, 0.29) is 19.3 Å². The molecule has 0 aliphatic carbocycles. The molecule has 2 unspecified atom stereocenters. The normalized spacial score (nSPS) is 14.3. The first kappa shape index (κ1) is 18.1. The maximum absolute atomic E-state index is 10.1. The molecule has 0 aromatic heterocycles. The van der Waals surface area contributed by atoms with Gasteiger partial charge in [0.25, 0.3) is 0 Å². The molecule has 2 N–H and O–H groups in total. The third-order valence-electron chi connectivity index (χ3n) is 3.11. The molecule has 1 aromatic carbocycles. The van der Waals surface area contributed by atoms with Crippen molar-refractivity contribution in [3.05, 3.63) is 35.9 Å². The molecule has 5 heteroatoms. The predicted molar refractivity (Wildman–Crippen MR) is 82.1 cm³/mol. The van der Waals surface area contributed by atoms with E-state index in [0.29, 0.717) is 26.2 Å². The van der Waals surface area contributed by atoms with Crippen molar-refractivity contribution in [2.45, 2.75) is 25.7 Å². The van der Waals surface area contributed by atoms with Gasteiger partial charge in [-0.25, -0.2) is 0 Å². The summed E-state index contributed by atoms with van der Waals surface area (Å²) in [5.41, 5.74) is 1.16. The third-order valence-corrected chi connectivity index (χ3v) is 3.11. The summed E-state index contributed by atoms with van der Waals surface area (Å²) in [4.78, 5) is 2.02. The second kappa shape index (κ2) is 10.7. The zero-order chi connectivity index (χ0) is 15.5. The highest BCUT2D eigenvalue weighted by atomic mass is 16.5. The van der Waals surface area contributed by atoms with Crippen LogP contribution in [-0.4, -0.2) is 67.3 Å². The first-order chi connectivity index (χ1) is 10.2. The van der Waals surface area contributed by atoms with E-state index in [0.717, 1.165) is 5.56 Å². The van der Waals surface area contributed by atoms with Crippen molar-refractivity contribution < 1.29 is 19.7 Å². The van der Waals surface area contributed by atoms with E-state index in [1.807, 2.05) is 42.2 Å². The van der Waals surface area contributed by atoms with Crippen molar-refractivity contribution in [2.24, 2.45) is 0 Å². The number of nitrogens with zero attached hydrogens (tertiary/aromatic N) is 1. The van der Waals surface area contributed by atoms with Crippen LogP contribution in [0.5, 0.6) is 0 Å². The molecule has 0 aliphatic heterocycles. The highest BCUT2D eigenvalue weighted by molar-refractivity contribution is 5.14. The molecule has 120 valence electrons. The van der Waals surface area contributed by atoms with Crippen LogP contribution in [-0.2, 0) is 16.0 Å². The van der Waals surface area contributed by atoms with Crippen molar-refractivity contribution in [2.75, 3.05) is 40.0 Å². The van der Waals surface area contributed by atoms with Gasteiger partial charge in [0.05, 0.1) is 32.0 Å². The Hall–Kier alpha value is -0.980. The Morgan fingerprint density at radius 3 is 2.52 bits per heavy atom. The first-order valence-corrected chi connectivity index (χ1v) is 7.31. The third kappa shape index (κ3) is 8.14. The van der Waals surface area contributed by atoms with Crippen LogP contribution in [0.4, 0.5) is 0 Å². The van der Waals surface area contributed by atoms with Crippen molar-refractivity contribution in [1.82, 2.24) is 4.90 Å². The van der Waals surface area contributed by atoms with Crippen LogP contribution < -0.4 is 0 Å². The molecular weight excluding hydrogens is 270 g/mol. The number of hydrogen-bond acceptors (Lipinski definition) is 5. The fraction of sp³-hybridized carbons (Fsp3) is 0.625. The van der Waals surface area contributed by atoms with E-state index in [1.165, 1.54) is 0 Å². The number of methoxy groups -OCH3 is 1. The van der Waals surface area contributed by atoms with Gasteiger partial charge >= 0.3 is 0 Å². The van der Waals surface area contributed by atoms with Gasteiger partial charge in [0.15, 0.2) is 0 Å². The maximum Gasteiger partial charge on any atom is 0.0900 e. The summed E-state index contributed by atoms with van der Waals surface area (Å²) in [5, 5.41) is 19.2. The molecule has 1 rings (SSSR count). The van der Waals surface area contributed by atoms with Crippen molar-refractivity contribution in [3.63, 3.8) is 0 Å². The van der Waals surface area contributed by atoms with Gasteiger partial charge in [-0.1, -0.05) is 30.3 Å². The molecule has 0 aliphatic rings. The van der Waals surface area contributed by atoms with Crippen LogP contribution in [0.3, 0.4) is 0 Å². The smallest absolute Gasteiger partial charge is 0.0900 e. The second-order valence-electron chi connectivity index (χ2n) is 5.20. The summed E-state index contributed by atoms with van der Waals surface area (Å²) < 4.78 is 10.5. The van der Waals surface area contributed by atoms with Gasteiger partial charge < -0.3 is 19.7 Å². The average Bonchev–Trinajstić information content (AvgIpc) is 2.47. The van der Waals surface area contributed by atoms with Crippen LogP contribution in [0.25, 0.3) is 0 Å². The number of hydrogen-bond donors (Lipinski definition) is 2. The molecule has 5 nitrogen and oxygen atoms in total. The Morgan fingerprint density at radius 1 is 1.19 bits per heavy atom.